The van der Waals surface area contributed by atoms with Gasteiger partial charge in [0.1, 0.15) is 5.70 Å². The van der Waals surface area contributed by atoms with Gasteiger partial charge in [0.05, 0.1) is 21.2 Å². The highest BCUT2D eigenvalue weighted by Crippen LogP contribution is 2.28. The van der Waals surface area contributed by atoms with Crippen LogP contribution in [0.15, 0.2) is 108 Å². The average molecular weight is 631 g/mol. The first-order chi connectivity index (χ1) is 20.8. The van der Waals surface area contributed by atoms with E-state index < -0.39 is 11.8 Å². The number of nitrogens with one attached hydrogen (secondary N) is 2. The van der Waals surface area contributed by atoms with Gasteiger partial charge in [0.25, 0.3) is 23.6 Å². The molecule has 0 unspecified atom stereocenters. The van der Waals surface area contributed by atoms with E-state index in [1.807, 2.05) is 12.1 Å². The second-order valence-electron chi connectivity index (χ2n) is 9.51. The van der Waals surface area contributed by atoms with Gasteiger partial charge >= 0.3 is 0 Å². The molecule has 1 aliphatic heterocycles. The molecule has 43 heavy (non-hydrogen) atoms. The molecule has 0 bridgehead atoms. The van der Waals surface area contributed by atoms with Crippen molar-refractivity contribution in [3.8, 4) is 0 Å². The van der Waals surface area contributed by atoms with Crippen molar-refractivity contribution >= 4 is 70.4 Å². The molecule has 0 aliphatic carbocycles. The highest BCUT2D eigenvalue weighted by atomic mass is 35.5. The first kappa shape index (κ1) is 30.1. The van der Waals surface area contributed by atoms with Crippen LogP contribution in [-0.2, 0) is 4.79 Å². The van der Waals surface area contributed by atoms with Crippen LogP contribution < -0.4 is 10.6 Å². The van der Waals surface area contributed by atoms with Crippen molar-refractivity contribution in [2.24, 2.45) is 0 Å². The van der Waals surface area contributed by atoms with Gasteiger partial charge in [-0.25, -0.2) is 0 Å². The van der Waals surface area contributed by atoms with Gasteiger partial charge in [0.2, 0.25) is 0 Å². The summed E-state index contributed by atoms with van der Waals surface area (Å²) < 4.78 is 0. The van der Waals surface area contributed by atoms with E-state index in [0.717, 1.165) is 4.90 Å². The van der Waals surface area contributed by atoms with Gasteiger partial charge in [-0.1, -0.05) is 65.7 Å². The first-order valence-electron chi connectivity index (χ1n) is 13.3. The fraction of sp³-hybridized carbons (Fsp3) is 0.0909. The summed E-state index contributed by atoms with van der Waals surface area (Å²) >= 11 is 14.1. The maximum atomic E-state index is 13.3. The minimum atomic E-state index is -0.540. The number of thioether (sulfide) groups is 1. The maximum absolute atomic E-state index is 13.3. The number of carbonyl (C=O) groups excluding carboxylic acids is 4. The average Bonchev–Trinajstić information content (AvgIpc) is 3.27. The van der Waals surface area contributed by atoms with Gasteiger partial charge in [-0.2, -0.15) is 0 Å². The molecule has 0 saturated carbocycles. The molecule has 1 heterocycles. The van der Waals surface area contributed by atoms with Crippen LogP contribution in [0.3, 0.4) is 0 Å². The Morgan fingerprint density at radius 1 is 0.791 bits per heavy atom. The third-order valence-corrected chi connectivity index (χ3v) is 8.53. The fourth-order valence-electron chi connectivity index (χ4n) is 4.42. The molecule has 7 nitrogen and oxygen atoms in total. The second kappa shape index (κ2) is 13.7. The molecular formula is C33H25Cl2N3O4S. The Morgan fingerprint density at radius 3 is 2.12 bits per heavy atom. The number of benzene rings is 4. The van der Waals surface area contributed by atoms with E-state index in [2.05, 4.69) is 10.6 Å². The summed E-state index contributed by atoms with van der Waals surface area (Å²) in [6.45, 7) is 0.341. The van der Waals surface area contributed by atoms with Crippen LogP contribution in [0.1, 0.15) is 43.1 Å². The van der Waals surface area contributed by atoms with Crippen LogP contribution in [0.5, 0.6) is 0 Å². The lowest BCUT2D eigenvalue weighted by molar-refractivity contribution is -0.113. The van der Waals surface area contributed by atoms with Crippen molar-refractivity contribution in [2.45, 2.75) is 11.3 Å². The summed E-state index contributed by atoms with van der Waals surface area (Å²) in [6, 6.07) is 27.7. The van der Waals surface area contributed by atoms with Crippen molar-refractivity contribution in [1.29, 1.82) is 0 Å². The predicted molar refractivity (Wildman–Crippen MR) is 171 cm³/mol. The molecule has 2 N–H and O–H groups in total. The standard InChI is InChI=1S/C33H25Cl2N3O4S/c34-27-13-6-10-22(29(27)35)20-28(37-30(39)21-8-2-1-3-9-21)31(40)36-23-14-16-24(17-15-23)43-19-7-18-38-32(41)25-11-4-5-12-26(25)33(38)42/h1-6,8-17,20H,7,18-19H2,(H,36,40)(H,37,39)/b28-20-. The Balaban J connectivity index is 1.20. The van der Waals surface area contributed by atoms with Crippen LogP contribution in [0, 0.1) is 0 Å². The lowest BCUT2D eigenvalue weighted by atomic mass is 10.1. The SMILES string of the molecule is O=C(Nc1ccc(SCCCN2C(=O)c3ccccc3C2=O)cc1)/C(=C/c1cccc(Cl)c1Cl)NC(=O)c1ccccc1. The third-order valence-electron chi connectivity index (χ3n) is 6.60. The van der Waals surface area contributed by atoms with E-state index in [4.69, 9.17) is 23.2 Å². The second-order valence-corrected chi connectivity index (χ2v) is 11.5. The molecule has 5 rings (SSSR count). The number of nitrogens with zero attached hydrogens (tertiary/aromatic N) is 1. The first-order valence-corrected chi connectivity index (χ1v) is 15.1. The zero-order valence-electron chi connectivity index (χ0n) is 22.7. The third kappa shape index (κ3) is 7.17. The molecule has 0 fully saturated rings. The number of imide groups is 1. The highest BCUT2D eigenvalue weighted by Gasteiger charge is 2.34. The highest BCUT2D eigenvalue weighted by molar-refractivity contribution is 7.99. The molecular weight excluding hydrogens is 605 g/mol. The number of hydrogen-bond acceptors (Lipinski definition) is 5. The summed E-state index contributed by atoms with van der Waals surface area (Å²) in [4.78, 5) is 53.5. The van der Waals surface area contributed by atoms with Crippen molar-refractivity contribution in [2.75, 3.05) is 17.6 Å². The Kier molecular flexibility index (Phi) is 9.61. The van der Waals surface area contributed by atoms with Crippen LogP contribution in [0.4, 0.5) is 5.69 Å². The monoisotopic (exact) mass is 629 g/mol. The quantitative estimate of drug-likeness (QED) is 0.0838. The Bertz CT molecular complexity index is 1690. The van der Waals surface area contributed by atoms with E-state index in [1.54, 1.807) is 96.7 Å². The van der Waals surface area contributed by atoms with Gasteiger partial charge in [-0.15, -0.1) is 11.8 Å². The van der Waals surface area contributed by atoms with Gasteiger partial charge < -0.3 is 10.6 Å². The van der Waals surface area contributed by atoms with Crippen molar-refractivity contribution in [3.63, 3.8) is 0 Å². The molecule has 4 amide bonds. The molecule has 216 valence electrons. The summed E-state index contributed by atoms with van der Waals surface area (Å²) in [5, 5.41) is 6.07. The topological polar surface area (TPSA) is 95.6 Å². The van der Waals surface area contributed by atoms with Crippen molar-refractivity contribution < 1.29 is 19.2 Å². The summed E-state index contributed by atoms with van der Waals surface area (Å²) in [5.41, 5.74) is 2.28. The number of amides is 4. The Hall–Kier alpha value is -4.37. The number of anilines is 1. The number of fused-ring (bicyclic) bond motifs is 1. The molecule has 0 spiro atoms. The number of carbonyl (C=O) groups is 4. The molecule has 0 radical (unpaired) electrons. The molecule has 4 aromatic carbocycles. The van der Waals surface area contributed by atoms with Crippen LogP contribution in [-0.4, -0.2) is 40.8 Å². The molecule has 0 atom stereocenters. The molecule has 0 aromatic heterocycles. The predicted octanol–water partition coefficient (Wildman–Crippen LogP) is 7.18. The summed E-state index contributed by atoms with van der Waals surface area (Å²) in [7, 11) is 0. The van der Waals surface area contributed by atoms with E-state index in [9.17, 15) is 19.2 Å². The molecule has 10 heteroatoms. The number of rotatable bonds is 10. The normalized spacial score (nSPS) is 12.7. The van der Waals surface area contributed by atoms with Crippen molar-refractivity contribution in [1.82, 2.24) is 10.2 Å². The van der Waals surface area contributed by atoms with Crippen molar-refractivity contribution in [3.05, 3.63) is 135 Å². The van der Waals surface area contributed by atoms with Gasteiger partial charge in [0.15, 0.2) is 0 Å². The minimum absolute atomic E-state index is 0.00960. The van der Waals surface area contributed by atoms with E-state index in [0.29, 0.717) is 51.7 Å². The van der Waals surface area contributed by atoms with Gasteiger partial charge in [-0.05, 0) is 78.4 Å². The van der Waals surface area contributed by atoms with E-state index in [1.165, 1.54) is 11.0 Å². The zero-order chi connectivity index (χ0) is 30.3. The van der Waals surface area contributed by atoms with E-state index >= 15 is 0 Å². The lowest BCUT2D eigenvalue weighted by Crippen LogP contribution is -2.31. The number of halogens is 2. The molecule has 1 aliphatic rings. The van der Waals surface area contributed by atoms with Crippen LogP contribution in [0.25, 0.3) is 6.08 Å². The zero-order valence-corrected chi connectivity index (χ0v) is 25.0. The molecule has 4 aromatic rings. The maximum Gasteiger partial charge on any atom is 0.272 e. The Labute approximate surface area is 262 Å². The van der Waals surface area contributed by atoms with Gasteiger partial charge in [0, 0.05) is 22.7 Å². The molecule has 0 saturated heterocycles. The smallest absolute Gasteiger partial charge is 0.272 e. The minimum Gasteiger partial charge on any atom is -0.321 e. The Morgan fingerprint density at radius 2 is 1.44 bits per heavy atom. The number of hydrogen-bond donors (Lipinski definition) is 2. The van der Waals surface area contributed by atoms with E-state index in [-0.39, 0.29) is 22.5 Å². The fourth-order valence-corrected chi connectivity index (χ4v) is 5.62. The van der Waals surface area contributed by atoms with Crippen LogP contribution in [0.2, 0.25) is 10.0 Å². The summed E-state index contributed by atoms with van der Waals surface area (Å²) in [5.74, 6) is -0.805. The van der Waals surface area contributed by atoms with Gasteiger partial charge in [-0.3, -0.25) is 24.1 Å². The largest absolute Gasteiger partial charge is 0.321 e. The lowest BCUT2D eigenvalue weighted by Gasteiger charge is -2.13. The summed E-state index contributed by atoms with van der Waals surface area (Å²) in [6.07, 6.45) is 2.11. The van der Waals surface area contributed by atoms with Crippen LogP contribution >= 0.6 is 35.0 Å².